The summed E-state index contributed by atoms with van der Waals surface area (Å²) in [6, 6.07) is 1.67. The summed E-state index contributed by atoms with van der Waals surface area (Å²) in [5.74, 6) is -1.68. The van der Waals surface area contributed by atoms with Crippen LogP contribution in [-0.2, 0) is 0 Å². The van der Waals surface area contributed by atoms with Crippen LogP contribution in [0.1, 0.15) is 10.5 Å². The number of carbonyl (C=O) groups is 1. The molecule has 0 fully saturated rings. The van der Waals surface area contributed by atoms with Crippen LogP contribution in [0.3, 0.4) is 0 Å². The van der Waals surface area contributed by atoms with Crippen molar-refractivity contribution in [3.63, 3.8) is 0 Å². The van der Waals surface area contributed by atoms with Crippen molar-refractivity contribution in [3.8, 4) is 6.07 Å². The lowest BCUT2D eigenvalue weighted by Gasteiger charge is -2.00. The van der Waals surface area contributed by atoms with Crippen molar-refractivity contribution < 1.29 is 9.18 Å². The molecule has 1 heterocycles. The number of carbonyl (C=O) groups excluding carboxylic acids is 1. The molecule has 0 atom stereocenters. The number of nitrogens with zero attached hydrogens (tertiary/aromatic N) is 3. The number of nitrogens with one attached hydrogen (secondary N) is 1. The summed E-state index contributed by atoms with van der Waals surface area (Å²) >= 11 is 5.36. The zero-order chi connectivity index (χ0) is 10.6. The molecule has 0 unspecified atom stereocenters. The van der Waals surface area contributed by atoms with Crippen molar-refractivity contribution in [1.29, 1.82) is 5.26 Å². The second-order valence-electron chi connectivity index (χ2n) is 2.18. The third-order valence-corrected chi connectivity index (χ3v) is 1.44. The first kappa shape index (κ1) is 10.3. The summed E-state index contributed by atoms with van der Waals surface area (Å²) < 4.78 is 12.9. The normalized spacial score (nSPS) is 9.21. The maximum absolute atomic E-state index is 12.9. The molecular weight excluding hydrogens is 211 g/mol. The van der Waals surface area contributed by atoms with Crippen molar-refractivity contribution in [3.05, 3.63) is 23.0 Å². The van der Waals surface area contributed by atoms with Crippen molar-refractivity contribution in [1.82, 2.24) is 15.3 Å². The average molecular weight is 215 g/mol. The fourth-order valence-corrected chi connectivity index (χ4v) is 0.842. The smallest absolute Gasteiger partial charge is 0.273 e. The Morgan fingerprint density at radius 3 is 3.14 bits per heavy atom. The van der Waals surface area contributed by atoms with Crippen LogP contribution in [0.25, 0.3) is 0 Å². The number of halogens is 2. The molecular formula is C7H4ClFN4O. The fourth-order valence-electron chi connectivity index (χ4n) is 0.708. The van der Waals surface area contributed by atoms with Gasteiger partial charge in [-0.2, -0.15) is 5.26 Å². The summed E-state index contributed by atoms with van der Waals surface area (Å²) in [4.78, 5) is 17.8. The summed E-state index contributed by atoms with van der Waals surface area (Å²) in [6.07, 6.45) is 0.788. The summed E-state index contributed by atoms with van der Waals surface area (Å²) in [7, 11) is 0. The van der Waals surface area contributed by atoms with E-state index in [4.69, 9.17) is 16.9 Å². The SMILES string of the molecule is N#CCNC(=O)c1nc(Cl)ncc1F. The maximum atomic E-state index is 12.9. The lowest BCUT2D eigenvalue weighted by molar-refractivity contribution is 0.0949. The van der Waals surface area contributed by atoms with Gasteiger partial charge in [0.25, 0.3) is 5.91 Å². The third kappa shape index (κ3) is 2.37. The Kier molecular flexibility index (Phi) is 3.31. The van der Waals surface area contributed by atoms with Gasteiger partial charge in [-0.05, 0) is 11.6 Å². The Morgan fingerprint density at radius 1 is 1.79 bits per heavy atom. The number of hydrogen-bond acceptors (Lipinski definition) is 4. The summed E-state index contributed by atoms with van der Waals surface area (Å²) in [5, 5.41) is 10.1. The van der Waals surface area contributed by atoms with Crippen LogP contribution < -0.4 is 5.32 Å². The van der Waals surface area contributed by atoms with Gasteiger partial charge >= 0.3 is 0 Å². The Morgan fingerprint density at radius 2 is 2.50 bits per heavy atom. The molecule has 1 rings (SSSR count). The van der Waals surface area contributed by atoms with Gasteiger partial charge in [-0.25, -0.2) is 14.4 Å². The van der Waals surface area contributed by atoms with E-state index in [1.807, 2.05) is 0 Å². The van der Waals surface area contributed by atoms with E-state index in [2.05, 4.69) is 15.3 Å². The van der Waals surface area contributed by atoms with Gasteiger partial charge in [0.1, 0.15) is 6.54 Å². The molecule has 14 heavy (non-hydrogen) atoms. The van der Waals surface area contributed by atoms with Crippen LogP contribution in [-0.4, -0.2) is 22.4 Å². The zero-order valence-corrected chi connectivity index (χ0v) is 7.55. The number of nitriles is 1. The van der Waals surface area contributed by atoms with Crippen LogP contribution in [0.4, 0.5) is 4.39 Å². The topological polar surface area (TPSA) is 78.7 Å². The van der Waals surface area contributed by atoms with E-state index in [1.165, 1.54) is 0 Å². The van der Waals surface area contributed by atoms with Gasteiger partial charge in [-0.15, -0.1) is 0 Å². The quantitative estimate of drug-likeness (QED) is 0.575. The van der Waals surface area contributed by atoms with Crippen LogP contribution in [0, 0.1) is 17.1 Å². The van der Waals surface area contributed by atoms with Gasteiger partial charge in [0.2, 0.25) is 5.28 Å². The van der Waals surface area contributed by atoms with Gasteiger partial charge in [0, 0.05) is 0 Å². The van der Waals surface area contributed by atoms with Crippen LogP contribution in [0.2, 0.25) is 5.28 Å². The fraction of sp³-hybridized carbons (Fsp3) is 0.143. The highest BCUT2D eigenvalue weighted by Gasteiger charge is 2.13. The number of amides is 1. The molecule has 7 heteroatoms. The molecule has 0 aliphatic heterocycles. The molecule has 0 radical (unpaired) electrons. The highest BCUT2D eigenvalue weighted by molar-refractivity contribution is 6.28. The largest absolute Gasteiger partial charge is 0.338 e. The van der Waals surface area contributed by atoms with Gasteiger partial charge in [0.05, 0.1) is 12.3 Å². The first-order chi connectivity index (χ1) is 6.65. The second kappa shape index (κ2) is 4.48. The number of aromatic nitrogens is 2. The molecule has 0 aliphatic carbocycles. The number of hydrogen-bond donors (Lipinski definition) is 1. The Labute approximate surface area is 83.5 Å². The molecule has 1 aromatic rings. The summed E-state index contributed by atoms with van der Waals surface area (Å²) in [5.41, 5.74) is -0.472. The van der Waals surface area contributed by atoms with Gasteiger partial charge < -0.3 is 5.32 Å². The van der Waals surface area contributed by atoms with E-state index in [9.17, 15) is 9.18 Å². The molecule has 0 spiro atoms. The third-order valence-electron chi connectivity index (χ3n) is 1.26. The second-order valence-corrected chi connectivity index (χ2v) is 2.51. The van der Waals surface area contributed by atoms with Crippen LogP contribution >= 0.6 is 11.6 Å². The van der Waals surface area contributed by atoms with Gasteiger partial charge in [-0.3, -0.25) is 4.79 Å². The molecule has 0 saturated heterocycles. The monoisotopic (exact) mass is 214 g/mol. The average Bonchev–Trinajstić information content (AvgIpc) is 2.18. The predicted molar refractivity (Wildman–Crippen MR) is 44.9 cm³/mol. The Bertz CT molecular complexity index is 403. The Balaban J connectivity index is 2.90. The van der Waals surface area contributed by atoms with Gasteiger partial charge in [0.15, 0.2) is 11.5 Å². The number of rotatable bonds is 2. The van der Waals surface area contributed by atoms with Crippen LogP contribution in [0.5, 0.6) is 0 Å². The minimum atomic E-state index is -0.884. The minimum Gasteiger partial charge on any atom is -0.338 e. The highest BCUT2D eigenvalue weighted by atomic mass is 35.5. The molecule has 1 N–H and O–H groups in total. The molecule has 0 aliphatic rings. The molecule has 1 amide bonds. The van der Waals surface area contributed by atoms with E-state index in [0.29, 0.717) is 0 Å². The van der Waals surface area contributed by atoms with E-state index in [-0.39, 0.29) is 11.8 Å². The van der Waals surface area contributed by atoms with E-state index < -0.39 is 17.4 Å². The lowest BCUT2D eigenvalue weighted by atomic mass is 10.3. The summed E-state index contributed by atoms with van der Waals surface area (Å²) in [6.45, 7) is -0.222. The molecule has 0 bridgehead atoms. The van der Waals surface area contributed by atoms with E-state index in [0.717, 1.165) is 6.20 Å². The minimum absolute atomic E-state index is 0.222. The van der Waals surface area contributed by atoms with Gasteiger partial charge in [-0.1, -0.05) is 0 Å². The van der Waals surface area contributed by atoms with E-state index in [1.54, 1.807) is 6.07 Å². The maximum Gasteiger partial charge on any atom is 0.273 e. The highest BCUT2D eigenvalue weighted by Crippen LogP contribution is 2.06. The van der Waals surface area contributed by atoms with Crippen LogP contribution in [0.15, 0.2) is 6.20 Å². The van der Waals surface area contributed by atoms with Crippen molar-refractivity contribution in [2.24, 2.45) is 0 Å². The van der Waals surface area contributed by atoms with E-state index >= 15 is 0 Å². The molecule has 1 aromatic heterocycles. The molecule has 5 nitrogen and oxygen atoms in total. The first-order valence-electron chi connectivity index (χ1n) is 3.48. The molecule has 72 valence electrons. The molecule has 0 aromatic carbocycles. The van der Waals surface area contributed by atoms with Crippen molar-refractivity contribution in [2.75, 3.05) is 6.54 Å². The van der Waals surface area contributed by atoms with Crippen molar-refractivity contribution in [2.45, 2.75) is 0 Å². The van der Waals surface area contributed by atoms with Crippen molar-refractivity contribution >= 4 is 17.5 Å². The first-order valence-corrected chi connectivity index (χ1v) is 3.86. The lowest BCUT2D eigenvalue weighted by Crippen LogP contribution is -2.25. The standard InChI is InChI=1S/C7H4ClFN4O/c8-7-12-3-4(9)5(13-7)6(14)11-2-1-10/h3H,2H2,(H,11,14). The Hall–Kier alpha value is -1.74. The molecule has 0 saturated carbocycles. The predicted octanol–water partition coefficient (Wildman–Crippen LogP) is 0.522. The zero-order valence-electron chi connectivity index (χ0n) is 6.79.